The molecule has 0 aliphatic carbocycles. The van der Waals surface area contributed by atoms with Crippen LogP contribution in [0, 0.1) is 5.82 Å². The molecule has 2 nitrogen and oxygen atoms in total. The fraction of sp³-hybridized carbons (Fsp3) is 0.133. The van der Waals surface area contributed by atoms with Crippen molar-refractivity contribution in [2.75, 3.05) is 11.1 Å². The lowest BCUT2D eigenvalue weighted by molar-refractivity contribution is -0.113. The van der Waals surface area contributed by atoms with Crippen LogP contribution >= 0.6 is 35.0 Å². The second kappa shape index (κ2) is 7.69. The number of carbonyl (C=O) groups excluding carboxylic acids is 1. The molecule has 0 aliphatic heterocycles. The number of hydrogen-bond donors (Lipinski definition) is 1. The number of benzene rings is 2. The van der Waals surface area contributed by atoms with E-state index in [1.807, 2.05) is 24.3 Å². The molecule has 0 saturated heterocycles. The van der Waals surface area contributed by atoms with E-state index in [9.17, 15) is 9.18 Å². The lowest BCUT2D eigenvalue weighted by atomic mass is 10.2. The second-order valence-corrected chi connectivity index (χ2v) is 6.13. The molecule has 2 aromatic carbocycles. The molecule has 0 unspecified atom stereocenters. The highest BCUT2D eigenvalue weighted by Gasteiger charge is 2.05. The lowest BCUT2D eigenvalue weighted by Crippen LogP contribution is -2.14. The smallest absolute Gasteiger partial charge is 0.234 e. The summed E-state index contributed by atoms with van der Waals surface area (Å²) in [5.41, 5.74) is 1.58. The number of thioether (sulfide) groups is 1. The van der Waals surface area contributed by atoms with Gasteiger partial charge < -0.3 is 5.32 Å². The highest BCUT2D eigenvalue weighted by molar-refractivity contribution is 7.99. The van der Waals surface area contributed by atoms with Crippen molar-refractivity contribution in [3.8, 4) is 0 Å². The zero-order valence-corrected chi connectivity index (χ0v) is 13.2. The number of anilines is 1. The Kier molecular flexibility index (Phi) is 5.91. The first-order valence-electron chi connectivity index (χ1n) is 6.11. The molecule has 2 aromatic rings. The van der Waals surface area contributed by atoms with Crippen molar-refractivity contribution in [2.45, 2.75) is 5.75 Å². The summed E-state index contributed by atoms with van der Waals surface area (Å²) >= 11 is 12.9. The van der Waals surface area contributed by atoms with Crippen molar-refractivity contribution in [1.29, 1.82) is 0 Å². The van der Waals surface area contributed by atoms with Gasteiger partial charge in [0, 0.05) is 16.5 Å². The molecule has 0 saturated carbocycles. The van der Waals surface area contributed by atoms with Crippen LogP contribution in [0.15, 0.2) is 42.5 Å². The molecule has 0 heterocycles. The summed E-state index contributed by atoms with van der Waals surface area (Å²) in [6.45, 7) is 0. The summed E-state index contributed by atoms with van der Waals surface area (Å²) in [6, 6.07) is 11.6. The number of carbonyl (C=O) groups is 1. The molecule has 0 spiro atoms. The molecule has 110 valence electrons. The first-order chi connectivity index (χ1) is 10.0. The van der Waals surface area contributed by atoms with Crippen molar-refractivity contribution < 1.29 is 9.18 Å². The van der Waals surface area contributed by atoms with Crippen LogP contribution < -0.4 is 5.32 Å². The molecule has 1 N–H and O–H groups in total. The van der Waals surface area contributed by atoms with Gasteiger partial charge in [0.05, 0.1) is 10.8 Å². The van der Waals surface area contributed by atoms with E-state index < -0.39 is 5.82 Å². The molecule has 0 radical (unpaired) electrons. The fourth-order valence-corrected chi connectivity index (χ4v) is 2.71. The predicted octanol–water partition coefficient (Wildman–Crippen LogP) is 5.00. The standard InChI is InChI=1S/C15H12Cl2FNOS/c16-11-3-1-10(2-4-11)8-21-9-15(20)19-12-5-6-14(18)13(17)7-12/h1-7H,8-9H2,(H,19,20). The van der Waals surface area contributed by atoms with E-state index in [4.69, 9.17) is 23.2 Å². The van der Waals surface area contributed by atoms with Gasteiger partial charge >= 0.3 is 0 Å². The number of amides is 1. The minimum Gasteiger partial charge on any atom is -0.325 e. The Morgan fingerprint density at radius 2 is 1.86 bits per heavy atom. The topological polar surface area (TPSA) is 29.1 Å². The van der Waals surface area contributed by atoms with Gasteiger partial charge in [-0.15, -0.1) is 11.8 Å². The average molecular weight is 344 g/mol. The van der Waals surface area contributed by atoms with Crippen LogP contribution in [0.3, 0.4) is 0 Å². The Morgan fingerprint density at radius 1 is 1.14 bits per heavy atom. The van der Waals surface area contributed by atoms with Gasteiger partial charge in [0.15, 0.2) is 0 Å². The van der Waals surface area contributed by atoms with Crippen molar-refractivity contribution in [3.63, 3.8) is 0 Å². The zero-order valence-electron chi connectivity index (χ0n) is 10.9. The van der Waals surface area contributed by atoms with E-state index in [-0.39, 0.29) is 10.9 Å². The van der Waals surface area contributed by atoms with Gasteiger partial charge in [-0.05, 0) is 35.9 Å². The molecule has 0 atom stereocenters. The number of halogens is 3. The Bertz CT molecular complexity index is 634. The Hall–Kier alpha value is -1.23. The molecule has 0 bridgehead atoms. The lowest BCUT2D eigenvalue weighted by Gasteiger charge is -2.06. The summed E-state index contributed by atoms with van der Waals surface area (Å²) in [5, 5.41) is 3.35. The summed E-state index contributed by atoms with van der Waals surface area (Å²) in [6.07, 6.45) is 0. The van der Waals surface area contributed by atoms with E-state index in [0.717, 1.165) is 11.3 Å². The maximum Gasteiger partial charge on any atom is 0.234 e. The quantitative estimate of drug-likeness (QED) is 0.827. The van der Waals surface area contributed by atoms with Crippen LogP contribution in [-0.2, 0) is 10.5 Å². The normalized spacial score (nSPS) is 10.4. The summed E-state index contributed by atoms with van der Waals surface area (Å²) in [7, 11) is 0. The highest BCUT2D eigenvalue weighted by Crippen LogP contribution is 2.20. The zero-order chi connectivity index (χ0) is 15.2. The third-order valence-electron chi connectivity index (χ3n) is 2.62. The van der Waals surface area contributed by atoms with Gasteiger partial charge in [0.2, 0.25) is 5.91 Å². The third-order valence-corrected chi connectivity index (χ3v) is 4.16. The van der Waals surface area contributed by atoms with E-state index in [1.165, 1.54) is 30.0 Å². The molecule has 0 aliphatic rings. The largest absolute Gasteiger partial charge is 0.325 e. The molecule has 0 fully saturated rings. The number of hydrogen-bond acceptors (Lipinski definition) is 2. The first kappa shape index (κ1) is 16.1. The van der Waals surface area contributed by atoms with Crippen LogP contribution in [0.2, 0.25) is 10.0 Å². The maximum absolute atomic E-state index is 13.0. The van der Waals surface area contributed by atoms with Gasteiger partial charge in [-0.2, -0.15) is 0 Å². The van der Waals surface area contributed by atoms with Crippen LogP contribution in [0.1, 0.15) is 5.56 Å². The van der Waals surface area contributed by atoms with E-state index in [2.05, 4.69) is 5.32 Å². The van der Waals surface area contributed by atoms with E-state index in [0.29, 0.717) is 16.5 Å². The minimum atomic E-state index is -0.508. The molecule has 0 aromatic heterocycles. The van der Waals surface area contributed by atoms with Gasteiger partial charge in [0.25, 0.3) is 0 Å². The van der Waals surface area contributed by atoms with Crippen LogP contribution in [0.4, 0.5) is 10.1 Å². The van der Waals surface area contributed by atoms with Gasteiger partial charge in [-0.25, -0.2) is 4.39 Å². The van der Waals surface area contributed by atoms with Crippen molar-refractivity contribution in [3.05, 3.63) is 63.9 Å². The van der Waals surface area contributed by atoms with Crippen molar-refractivity contribution >= 4 is 46.6 Å². The SMILES string of the molecule is O=C(CSCc1ccc(Cl)cc1)Nc1ccc(F)c(Cl)c1. The summed E-state index contributed by atoms with van der Waals surface area (Å²) < 4.78 is 13.0. The number of nitrogens with one attached hydrogen (secondary N) is 1. The first-order valence-corrected chi connectivity index (χ1v) is 8.03. The van der Waals surface area contributed by atoms with Crippen molar-refractivity contribution in [1.82, 2.24) is 0 Å². The highest BCUT2D eigenvalue weighted by atomic mass is 35.5. The molecule has 1 amide bonds. The number of rotatable bonds is 5. The molecular weight excluding hydrogens is 332 g/mol. The second-order valence-electron chi connectivity index (χ2n) is 4.30. The van der Waals surface area contributed by atoms with Crippen molar-refractivity contribution in [2.24, 2.45) is 0 Å². The van der Waals surface area contributed by atoms with E-state index in [1.54, 1.807) is 0 Å². The Labute approximate surface area is 136 Å². The van der Waals surface area contributed by atoms with Gasteiger partial charge in [-0.3, -0.25) is 4.79 Å². The molecular formula is C15H12Cl2FNOS. The Balaban J connectivity index is 1.79. The average Bonchev–Trinajstić information content (AvgIpc) is 2.45. The Morgan fingerprint density at radius 3 is 2.52 bits per heavy atom. The van der Waals surface area contributed by atoms with E-state index >= 15 is 0 Å². The van der Waals surface area contributed by atoms with Crippen LogP contribution in [-0.4, -0.2) is 11.7 Å². The molecule has 21 heavy (non-hydrogen) atoms. The minimum absolute atomic E-state index is 0.0124. The van der Waals surface area contributed by atoms with Gasteiger partial charge in [0.1, 0.15) is 5.82 Å². The van der Waals surface area contributed by atoms with Gasteiger partial charge in [-0.1, -0.05) is 35.3 Å². The summed E-state index contributed by atoms with van der Waals surface area (Å²) in [4.78, 5) is 11.8. The third kappa shape index (κ3) is 5.23. The van der Waals surface area contributed by atoms with Crippen LogP contribution in [0.25, 0.3) is 0 Å². The maximum atomic E-state index is 13.0. The fourth-order valence-electron chi connectivity index (χ4n) is 1.61. The molecule has 6 heteroatoms. The monoisotopic (exact) mass is 343 g/mol. The molecule has 2 rings (SSSR count). The summed E-state index contributed by atoms with van der Waals surface area (Å²) in [5.74, 6) is 0.357. The predicted molar refractivity (Wildman–Crippen MR) is 87.7 cm³/mol. The van der Waals surface area contributed by atoms with Crippen LogP contribution in [0.5, 0.6) is 0 Å².